The molecule has 0 aliphatic carbocycles. The Balaban J connectivity index is 1.46. The molecule has 1 aromatic heterocycles. The second-order valence-electron chi connectivity index (χ2n) is 7.72. The number of ether oxygens (including phenoxy) is 1. The number of aromatic nitrogens is 2. The average molecular weight is 388 g/mol. The van der Waals surface area contributed by atoms with Crippen LogP contribution in [0.2, 0.25) is 0 Å². The van der Waals surface area contributed by atoms with E-state index in [1.807, 2.05) is 24.4 Å². The molecule has 0 radical (unpaired) electrons. The van der Waals surface area contributed by atoms with E-state index in [-0.39, 0.29) is 0 Å². The van der Waals surface area contributed by atoms with Gasteiger partial charge in [0.25, 0.3) is 0 Å². The number of methoxy groups -OCH3 is 1. The molecule has 29 heavy (non-hydrogen) atoms. The third-order valence-electron chi connectivity index (χ3n) is 5.76. The molecule has 0 spiro atoms. The number of para-hydroxylation sites is 1. The van der Waals surface area contributed by atoms with Crippen molar-refractivity contribution in [2.75, 3.05) is 26.7 Å². The molecule has 0 saturated carbocycles. The minimum Gasteiger partial charge on any atom is -0.496 e. The fraction of sp³-hybridized carbons (Fsp3) is 0.360. The smallest absolute Gasteiger partial charge is 0.128 e. The number of hydrogen-bond acceptors (Lipinski definition) is 4. The number of likely N-dealkylation sites (tertiary alicyclic amines) is 1. The number of hydrogen-bond donors (Lipinski definition) is 0. The first-order valence-corrected chi connectivity index (χ1v) is 10.6. The van der Waals surface area contributed by atoms with Crippen molar-refractivity contribution in [1.29, 1.82) is 0 Å². The molecule has 0 bridgehead atoms. The zero-order valence-corrected chi connectivity index (χ0v) is 17.1. The number of piperidine rings is 1. The molecule has 2 aromatic carbocycles. The first-order chi connectivity index (χ1) is 14.3. The molecular formula is C25H29N3O. The minimum absolute atomic E-state index is 0.411. The van der Waals surface area contributed by atoms with E-state index in [9.17, 15) is 0 Å². The second kappa shape index (κ2) is 9.66. The lowest BCUT2D eigenvalue weighted by Gasteiger charge is -2.33. The Kier molecular flexibility index (Phi) is 6.52. The van der Waals surface area contributed by atoms with Crippen LogP contribution < -0.4 is 4.74 Å². The maximum Gasteiger partial charge on any atom is 0.128 e. The normalized spacial score (nSPS) is 17.2. The highest BCUT2D eigenvalue weighted by molar-refractivity contribution is 5.69. The molecule has 1 aliphatic heterocycles. The molecule has 1 aliphatic rings. The van der Waals surface area contributed by atoms with Crippen LogP contribution in [0.1, 0.15) is 36.4 Å². The first kappa shape index (κ1) is 19.6. The van der Waals surface area contributed by atoms with Crippen molar-refractivity contribution >= 4 is 0 Å². The van der Waals surface area contributed by atoms with Crippen molar-refractivity contribution in [3.8, 4) is 17.0 Å². The van der Waals surface area contributed by atoms with Crippen molar-refractivity contribution < 1.29 is 4.74 Å². The largest absolute Gasteiger partial charge is 0.496 e. The van der Waals surface area contributed by atoms with Crippen LogP contribution in [0.15, 0.2) is 67.0 Å². The van der Waals surface area contributed by atoms with E-state index in [2.05, 4.69) is 41.3 Å². The Morgan fingerprint density at radius 1 is 1.00 bits per heavy atom. The molecule has 4 rings (SSSR count). The quantitative estimate of drug-likeness (QED) is 0.574. The summed E-state index contributed by atoms with van der Waals surface area (Å²) in [6.07, 6.45) is 8.30. The Morgan fingerprint density at radius 3 is 2.66 bits per heavy atom. The molecular weight excluding hydrogens is 358 g/mol. The van der Waals surface area contributed by atoms with Gasteiger partial charge in [-0.2, -0.15) is 0 Å². The average Bonchev–Trinajstić information content (AvgIpc) is 2.80. The third-order valence-corrected chi connectivity index (χ3v) is 5.76. The zero-order valence-electron chi connectivity index (χ0n) is 17.1. The molecule has 150 valence electrons. The zero-order chi connectivity index (χ0) is 19.9. The van der Waals surface area contributed by atoms with Crippen LogP contribution in [-0.2, 0) is 6.42 Å². The predicted molar refractivity (Wildman–Crippen MR) is 117 cm³/mol. The number of rotatable bonds is 7. The highest BCUT2D eigenvalue weighted by atomic mass is 16.5. The molecule has 1 saturated heterocycles. The molecule has 1 atom stereocenters. The number of nitrogens with zero attached hydrogens (tertiary/aromatic N) is 3. The Hall–Kier alpha value is -2.72. The summed E-state index contributed by atoms with van der Waals surface area (Å²) >= 11 is 0. The van der Waals surface area contributed by atoms with Crippen molar-refractivity contribution in [1.82, 2.24) is 14.9 Å². The van der Waals surface area contributed by atoms with Gasteiger partial charge in [0.2, 0.25) is 0 Å². The summed E-state index contributed by atoms with van der Waals surface area (Å²) in [4.78, 5) is 12.1. The molecule has 1 fully saturated rings. The van der Waals surface area contributed by atoms with Gasteiger partial charge in [-0.05, 0) is 56.5 Å². The van der Waals surface area contributed by atoms with Crippen molar-refractivity contribution in [3.05, 3.63) is 78.2 Å². The van der Waals surface area contributed by atoms with Gasteiger partial charge in [0.1, 0.15) is 5.75 Å². The van der Waals surface area contributed by atoms with E-state index in [1.165, 1.54) is 24.9 Å². The highest BCUT2D eigenvalue weighted by Gasteiger charge is 2.26. The summed E-state index contributed by atoms with van der Waals surface area (Å²) in [7, 11) is 1.71. The van der Waals surface area contributed by atoms with Gasteiger partial charge in [-0.25, -0.2) is 0 Å². The summed E-state index contributed by atoms with van der Waals surface area (Å²) in [5.74, 6) is 1.26. The Labute approximate surface area is 173 Å². The summed E-state index contributed by atoms with van der Waals surface area (Å²) < 4.78 is 5.58. The van der Waals surface area contributed by atoms with Crippen LogP contribution in [-0.4, -0.2) is 41.6 Å². The number of benzene rings is 2. The first-order valence-electron chi connectivity index (χ1n) is 10.6. The molecule has 4 nitrogen and oxygen atoms in total. The highest BCUT2D eigenvalue weighted by Crippen LogP contribution is 2.35. The fourth-order valence-corrected chi connectivity index (χ4v) is 4.33. The molecule has 2 heterocycles. The molecule has 3 aromatic rings. The van der Waals surface area contributed by atoms with Gasteiger partial charge in [0.15, 0.2) is 0 Å². The molecule has 0 N–H and O–H groups in total. The van der Waals surface area contributed by atoms with E-state index in [0.29, 0.717) is 5.92 Å². The van der Waals surface area contributed by atoms with E-state index >= 15 is 0 Å². The number of aryl methyl sites for hydroxylation is 1. The van der Waals surface area contributed by atoms with Gasteiger partial charge in [-0.15, -0.1) is 0 Å². The lowest BCUT2D eigenvalue weighted by molar-refractivity contribution is 0.204. The SMILES string of the molecule is COc1ccccc1-c1nccnc1[C@H]1CCCN(CCCc2ccccc2)C1. The van der Waals surface area contributed by atoms with E-state index in [0.717, 1.165) is 48.6 Å². The van der Waals surface area contributed by atoms with Crippen molar-refractivity contribution in [2.45, 2.75) is 31.6 Å². The van der Waals surface area contributed by atoms with Gasteiger partial charge < -0.3 is 9.64 Å². The van der Waals surface area contributed by atoms with Crippen LogP contribution in [0.3, 0.4) is 0 Å². The Bertz CT molecular complexity index is 913. The monoisotopic (exact) mass is 387 g/mol. The van der Waals surface area contributed by atoms with Crippen LogP contribution >= 0.6 is 0 Å². The lowest BCUT2D eigenvalue weighted by atomic mass is 9.91. The van der Waals surface area contributed by atoms with Crippen LogP contribution in [0.4, 0.5) is 0 Å². The predicted octanol–water partition coefficient (Wildman–Crippen LogP) is 4.96. The molecule has 4 heteroatoms. The van der Waals surface area contributed by atoms with Crippen molar-refractivity contribution in [2.24, 2.45) is 0 Å². The van der Waals surface area contributed by atoms with Gasteiger partial charge in [0, 0.05) is 30.4 Å². The van der Waals surface area contributed by atoms with E-state index in [1.54, 1.807) is 13.3 Å². The summed E-state index contributed by atoms with van der Waals surface area (Å²) in [6.45, 7) is 3.36. The molecule has 0 unspecified atom stereocenters. The van der Waals surface area contributed by atoms with Gasteiger partial charge in [-0.3, -0.25) is 9.97 Å². The van der Waals surface area contributed by atoms with Crippen LogP contribution in [0, 0.1) is 0 Å². The van der Waals surface area contributed by atoms with Gasteiger partial charge >= 0.3 is 0 Å². The van der Waals surface area contributed by atoms with Crippen molar-refractivity contribution in [3.63, 3.8) is 0 Å². The second-order valence-corrected chi connectivity index (χ2v) is 7.72. The topological polar surface area (TPSA) is 38.3 Å². The maximum absolute atomic E-state index is 5.58. The fourth-order valence-electron chi connectivity index (χ4n) is 4.33. The van der Waals surface area contributed by atoms with Gasteiger partial charge in [-0.1, -0.05) is 42.5 Å². The van der Waals surface area contributed by atoms with Crippen LogP contribution in [0.5, 0.6) is 5.75 Å². The maximum atomic E-state index is 5.58. The minimum atomic E-state index is 0.411. The summed E-state index contributed by atoms with van der Waals surface area (Å²) in [6, 6.07) is 18.9. The summed E-state index contributed by atoms with van der Waals surface area (Å²) in [5.41, 5.74) is 4.51. The lowest BCUT2D eigenvalue weighted by Crippen LogP contribution is -2.35. The molecule has 0 amide bonds. The van der Waals surface area contributed by atoms with E-state index < -0.39 is 0 Å². The van der Waals surface area contributed by atoms with E-state index in [4.69, 9.17) is 14.7 Å². The van der Waals surface area contributed by atoms with Crippen LogP contribution in [0.25, 0.3) is 11.3 Å². The van der Waals surface area contributed by atoms with Gasteiger partial charge in [0.05, 0.1) is 18.5 Å². The standard InChI is InChI=1S/C25H29N3O/c1-29-23-14-6-5-13-22(23)25-24(26-15-16-27-25)21-12-8-18-28(19-21)17-7-11-20-9-3-2-4-10-20/h2-6,9-10,13-16,21H,7-8,11-12,17-19H2,1H3/t21-/m0/s1. The third kappa shape index (κ3) is 4.83. The Morgan fingerprint density at radius 2 is 1.79 bits per heavy atom. The summed E-state index contributed by atoms with van der Waals surface area (Å²) in [5, 5.41) is 0.